The van der Waals surface area contributed by atoms with Crippen LogP contribution in [0.4, 0.5) is 8.78 Å². The van der Waals surface area contributed by atoms with Crippen LogP contribution in [0.3, 0.4) is 0 Å². The van der Waals surface area contributed by atoms with Gasteiger partial charge in [-0.25, -0.2) is 13.6 Å². The molecule has 0 aromatic heterocycles. The smallest absolute Gasteiger partial charge is 0.329 e. The van der Waals surface area contributed by atoms with Gasteiger partial charge >= 0.3 is 5.97 Å². The summed E-state index contributed by atoms with van der Waals surface area (Å²) in [6.07, 6.45) is 0.296. The van der Waals surface area contributed by atoms with Crippen LogP contribution in [0.1, 0.15) is 32.6 Å². The highest BCUT2D eigenvalue weighted by Crippen LogP contribution is 2.38. The molecule has 2 aliphatic rings. The number of esters is 1. The van der Waals surface area contributed by atoms with Gasteiger partial charge in [0.15, 0.2) is 6.61 Å². The Hall–Kier alpha value is -1.53. The van der Waals surface area contributed by atoms with Crippen molar-refractivity contribution in [1.29, 1.82) is 0 Å². The van der Waals surface area contributed by atoms with Crippen molar-refractivity contribution < 1.29 is 27.9 Å². The van der Waals surface area contributed by atoms with E-state index in [-0.39, 0.29) is 23.7 Å². The molecule has 1 saturated heterocycles. The minimum Gasteiger partial charge on any atom is -0.458 e. The maximum Gasteiger partial charge on any atom is 0.329 e. The first kappa shape index (κ1) is 14.9. The predicted molar refractivity (Wildman–Crippen MR) is 63.7 cm³/mol. The van der Waals surface area contributed by atoms with E-state index in [2.05, 4.69) is 4.74 Å². The molecule has 5 nitrogen and oxygen atoms in total. The molecule has 7 heteroatoms. The van der Waals surface area contributed by atoms with Gasteiger partial charge in [0.25, 0.3) is 6.43 Å². The van der Waals surface area contributed by atoms with Gasteiger partial charge in [0, 0.05) is 0 Å². The molecular formula is C13H17F2NO4. The van der Waals surface area contributed by atoms with Crippen molar-refractivity contribution in [3.8, 4) is 0 Å². The molecule has 1 heterocycles. The quantitative estimate of drug-likeness (QED) is 0.579. The number of carbonyl (C=O) groups is 3. The molecular weight excluding hydrogens is 272 g/mol. The average molecular weight is 289 g/mol. The first-order valence-corrected chi connectivity index (χ1v) is 6.75. The van der Waals surface area contributed by atoms with Gasteiger partial charge in [0.05, 0.1) is 11.8 Å². The van der Waals surface area contributed by atoms with E-state index in [1.54, 1.807) is 0 Å². The number of ether oxygens (including phenoxy) is 1. The molecule has 20 heavy (non-hydrogen) atoms. The normalized spacial score (nSPS) is 27.7. The molecule has 0 unspecified atom stereocenters. The number of hydrogen-bond donors (Lipinski definition) is 0. The third-order valence-electron chi connectivity index (χ3n) is 3.96. The molecule has 0 bridgehead atoms. The Morgan fingerprint density at radius 2 is 1.75 bits per heavy atom. The number of alkyl halides is 2. The maximum atomic E-state index is 12.2. The Kier molecular flexibility index (Phi) is 4.35. The Labute approximate surface area is 115 Å². The van der Waals surface area contributed by atoms with E-state index in [4.69, 9.17) is 0 Å². The van der Waals surface area contributed by atoms with Gasteiger partial charge in [-0.2, -0.15) is 0 Å². The highest BCUT2D eigenvalue weighted by atomic mass is 19.3. The van der Waals surface area contributed by atoms with E-state index in [9.17, 15) is 23.2 Å². The fraction of sp³-hybridized carbons (Fsp3) is 0.769. The van der Waals surface area contributed by atoms with E-state index >= 15 is 0 Å². The molecule has 3 atom stereocenters. The summed E-state index contributed by atoms with van der Waals surface area (Å²) in [5, 5.41) is 0. The van der Waals surface area contributed by atoms with Crippen LogP contribution in [0, 0.1) is 11.8 Å². The lowest BCUT2D eigenvalue weighted by Gasteiger charge is -2.21. The number of likely N-dealkylation sites (tertiary alicyclic amines) is 1. The summed E-state index contributed by atoms with van der Waals surface area (Å²) in [5.41, 5.74) is 0. The van der Waals surface area contributed by atoms with Gasteiger partial charge in [-0.05, 0) is 19.8 Å². The zero-order valence-corrected chi connectivity index (χ0v) is 11.2. The second kappa shape index (κ2) is 5.85. The van der Waals surface area contributed by atoms with Crippen molar-refractivity contribution in [3.63, 3.8) is 0 Å². The maximum absolute atomic E-state index is 12.2. The van der Waals surface area contributed by atoms with E-state index in [1.165, 1.54) is 6.92 Å². The SMILES string of the molecule is C[C@@H](C(=O)OCC(F)F)N1C(=O)[C@H]2CCCC[C@H]2C1=O. The van der Waals surface area contributed by atoms with Gasteiger partial charge in [0.2, 0.25) is 11.8 Å². The lowest BCUT2D eigenvalue weighted by Crippen LogP contribution is -2.44. The molecule has 0 spiro atoms. The van der Waals surface area contributed by atoms with Crippen molar-refractivity contribution in [3.05, 3.63) is 0 Å². The summed E-state index contributed by atoms with van der Waals surface area (Å²) in [4.78, 5) is 36.9. The first-order chi connectivity index (χ1) is 9.43. The third-order valence-corrected chi connectivity index (χ3v) is 3.96. The average Bonchev–Trinajstić information content (AvgIpc) is 2.68. The Morgan fingerprint density at radius 1 is 1.25 bits per heavy atom. The summed E-state index contributed by atoms with van der Waals surface area (Å²) >= 11 is 0. The number of halogens is 2. The van der Waals surface area contributed by atoms with Crippen LogP contribution in [-0.4, -0.2) is 41.8 Å². The largest absolute Gasteiger partial charge is 0.458 e. The van der Waals surface area contributed by atoms with Crippen molar-refractivity contribution in [2.75, 3.05) is 6.61 Å². The molecule has 2 amide bonds. The zero-order valence-electron chi connectivity index (χ0n) is 11.2. The van der Waals surface area contributed by atoms with Crippen LogP contribution >= 0.6 is 0 Å². The molecule has 2 fully saturated rings. The van der Waals surface area contributed by atoms with Gasteiger partial charge in [-0.15, -0.1) is 0 Å². The van der Waals surface area contributed by atoms with Crippen LogP contribution in [0.5, 0.6) is 0 Å². The number of carbonyl (C=O) groups excluding carboxylic acids is 3. The molecule has 1 aliphatic carbocycles. The van der Waals surface area contributed by atoms with Crippen molar-refractivity contribution >= 4 is 17.8 Å². The fourth-order valence-electron chi connectivity index (χ4n) is 2.94. The highest BCUT2D eigenvalue weighted by Gasteiger charge is 2.51. The van der Waals surface area contributed by atoms with Gasteiger partial charge in [0.1, 0.15) is 6.04 Å². The predicted octanol–water partition coefficient (Wildman–Crippen LogP) is 1.36. The van der Waals surface area contributed by atoms with Gasteiger partial charge < -0.3 is 4.74 Å². The van der Waals surface area contributed by atoms with Crippen molar-refractivity contribution in [2.45, 2.75) is 45.1 Å². The number of hydrogen-bond acceptors (Lipinski definition) is 4. The summed E-state index contributed by atoms with van der Waals surface area (Å²) < 4.78 is 28.4. The Morgan fingerprint density at radius 3 is 2.20 bits per heavy atom. The van der Waals surface area contributed by atoms with Gasteiger partial charge in [-0.3, -0.25) is 14.5 Å². The van der Waals surface area contributed by atoms with E-state index in [0.717, 1.165) is 17.7 Å². The number of fused-ring (bicyclic) bond motifs is 1. The van der Waals surface area contributed by atoms with Crippen LogP contribution in [0.2, 0.25) is 0 Å². The molecule has 0 aromatic carbocycles. The van der Waals surface area contributed by atoms with Crippen LogP contribution in [0.25, 0.3) is 0 Å². The second-order valence-corrected chi connectivity index (χ2v) is 5.24. The lowest BCUT2D eigenvalue weighted by molar-refractivity contribution is -0.160. The topological polar surface area (TPSA) is 63.7 Å². The number of nitrogens with zero attached hydrogens (tertiary/aromatic N) is 1. The highest BCUT2D eigenvalue weighted by molar-refractivity contribution is 6.07. The first-order valence-electron chi connectivity index (χ1n) is 6.75. The molecule has 1 saturated carbocycles. The number of amides is 2. The molecule has 0 N–H and O–H groups in total. The van der Waals surface area contributed by atoms with Crippen LogP contribution < -0.4 is 0 Å². The van der Waals surface area contributed by atoms with E-state index < -0.39 is 25.0 Å². The standard InChI is InChI=1S/C13H17F2NO4/c1-7(13(19)20-6-10(14)15)16-11(17)8-4-2-3-5-9(8)12(16)18/h7-10H,2-6H2,1H3/t7-,8-,9+/m0/s1. The molecule has 0 aromatic rings. The molecule has 2 rings (SSSR count). The number of imide groups is 1. The minimum atomic E-state index is -2.77. The molecule has 112 valence electrons. The van der Waals surface area contributed by atoms with Gasteiger partial charge in [-0.1, -0.05) is 12.8 Å². The third kappa shape index (κ3) is 2.66. The monoisotopic (exact) mass is 289 g/mol. The summed E-state index contributed by atoms with van der Waals surface area (Å²) in [6, 6.07) is -1.14. The summed E-state index contributed by atoms with van der Waals surface area (Å²) in [5.74, 6) is -2.43. The zero-order chi connectivity index (χ0) is 14.9. The molecule has 1 aliphatic heterocycles. The Balaban J connectivity index is 2.05. The lowest BCUT2D eigenvalue weighted by atomic mass is 9.81. The summed E-state index contributed by atoms with van der Waals surface area (Å²) in [7, 11) is 0. The van der Waals surface area contributed by atoms with E-state index in [0.29, 0.717) is 12.8 Å². The summed E-state index contributed by atoms with van der Waals surface area (Å²) in [6.45, 7) is 0.313. The second-order valence-electron chi connectivity index (χ2n) is 5.24. The fourth-order valence-corrected chi connectivity index (χ4v) is 2.94. The Bertz CT molecular complexity index is 403. The van der Waals surface area contributed by atoms with E-state index in [1.807, 2.05) is 0 Å². The van der Waals surface area contributed by atoms with Crippen molar-refractivity contribution in [1.82, 2.24) is 4.90 Å². The minimum absolute atomic E-state index is 0.360. The van der Waals surface area contributed by atoms with Crippen LogP contribution in [0.15, 0.2) is 0 Å². The number of rotatable bonds is 4. The molecule has 0 radical (unpaired) electrons. The van der Waals surface area contributed by atoms with Crippen molar-refractivity contribution in [2.24, 2.45) is 11.8 Å². The van der Waals surface area contributed by atoms with Crippen LogP contribution in [-0.2, 0) is 19.1 Å².